The molecule has 7 heteroatoms. The van der Waals surface area contributed by atoms with E-state index in [-0.39, 0.29) is 0 Å². The van der Waals surface area contributed by atoms with Gasteiger partial charge in [-0.1, -0.05) is 30.0 Å². The van der Waals surface area contributed by atoms with Crippen molar-refractivity contribution in [2.45, 2.75) is 11.6 Å². The monoisotopic (exact) mass is 343 g/mol. The number of carboxylic acids is 1. The third-order valence-corrected chi connectivity index (χ3v) is 5.45. The Balaban J connectivity index is 1.94. The SMILES string of the molecule is CSc1nc(N2CCc3ccccc32)c2cc(C(=O)O)sc2n1. The second-order valence-electron chi connectivity index (χ2n) is 5.20. The van der Waals surface area contributed by atoms with E-state index in [2.05, 4.69) is 27.0 Å². The number of para-hydroxylation sites is 1. The molecule has 116 valence electrons. The summed E-state index contributed by atoms with van der Waals surface area (Å²) in [4.78, 5) is 23.6. The smallest absolute Gasteiger partial charge is 0.345 e. The molecule has 0 bridgehead atoms. The maximum absolute atomic E-state index is 11.3. The van der Waals surface area contributed by atoms with Gasteiger partial charge in [-0.2, -0.15) is 0 Å². The summed E-state index contributed by atoms with van der Waals surface area (Å²) < 4.78 is 0. The molecule has 3 aromatic rings. The zero-order valence-electron chi connectivity index (χ0n) is 12.3. The first-order valence-corrected chi connectivity index (χ1v) is 9.16. The standard InChI is InChI=1S/C16H13N3O2S2/c1-22-16-17-13(10-8-12(15(20)21)23-14(10)18-16)19-7-6-9-4-2-3-5-11(9)19/h2-5,8H,6-7H2,1H3,(H,20,21). The molecule has 0 saturated heterocycles. The fourth-order valence-electron chi connectivity index (χ4n) is 2.85. The third-order valence-electron chi connectivity index (χ3n) is 3.89. The molecule has 1 N–H and O–H groups in total. The van der Waals surface area contributed by atoms with Gasteiger partial charge in [0.05, 0.1) is 5.39 Å². The lowest BCUT2D eigenvalue weighted by Gasteiger charge is -2.19. The lowest BCUT2D eigenvalue weighted by Crippen LogP contribution is -2.15. The van der Waals surface area contributed by atoms with Crippen LogP contribution in [-0.2, 0) is 6.42 Å². The van der Waals surface area contributed by atoms with Crippen molar-refractivity contribution < 1.29 is 9.90 Å². The van der Waals surface area contributed by atoms with E-state index in [1.807, 2.05) is 18.4 Å². The molecule has 23 heavy (non-hydrogen) atoms. The van der Waals surface area contributed by atoms with Gasteiger partial charge in [0.1, 0.15) is 15.5 Å². The molecule has 0 amide bonds. The number of thioether (sulfide) groups is 1. The van der Waals surface area contributed by atoms with Crippen LogP contribution in [0.1, 0.15) is 15.2 Å². The van der Waals surface area contributed by atoms with Crippen LogP contribution in [0, 0.1) is 0 Å². The fourth-order valence-corrected chi connectivity index (χ4v) is 4.13. The minimum absolute atomic E-state index is 0.293. The maximum atomic E-state index is 11.3. The number of carbonyl (C=O) groups is 1. The van der Waals surface area contributed by atoms with Crippen LogP contribution in [0.4, 0.5) is 11.5 Å². The van der Waals surface area contributed by atoms with Crippen LogP contribution in [0.25, 0.3) is 10.2 Å². The Bertz CT molecular complexity index is 923. The Hall–Kier alpha value is -2.12. The van der Waals surface area contributed by atoms with Gasteiger partial charge in [0.2, 0.25) is 0 Å². The van der Waals surface area contributed by atoms with Crippen molar-refractivity contribution in [3.63, 3.8) is 0 Å². The van der Waals surface area contributed by atoms with Crippen molar-refractivity contribution in [1.29, 1.82) is 0 Å². The molecular weight excluding hydrogens is 330 g/mol. The van der Waals surface area contributed by atoms with Gasteiger partial charge in [-0.05, 0) is 30.4 Å². The predicted octanol–water partition coefficient (Wildman–Crippen LogP) is 3.81. The Kier molecular flexibility index (Phi) is 3.46. The Morgan fingerprint density at radius 1 is 1.35 bits per heavy atom. The van der Waals surface area contributed by atoms with Gasteiger partial charge in [-0.25, -0.2) is 14.8 Å². The number of thiophene rings is 1. The van der Waals surface area contributed by atoms with Gasteiger partial charge in [-0.3, -0.25) is 0 Å². The van der Waals surface area contributed by atoms with E-state index in [9.17, 15) is 9.90 Å². The van der Waals surface area contributed by atoms with Crippen LogP contribution in [0.2, 0.25) is 0 Å². The van der Waals surface area contributed by atoms with Crippen molar-refractivity contribution in [1.82, 2.24) is 9.97 Å². The topological polar surface area (TPSA) is 66.3 Å². The van der Waals surface area contributed by atoms with Gasteiger partial charge < -0.3 is 10.0 Å². The second kappa shape index (κ2) is 5.50. The number of rotatable bonds is 3. The van der Waals surface area contributed by atoms with E-state index in [0.29, 0.717) is 10.0 Å². The minimum atomic E-state index is -0.925. The van der Waals surface area contributed by atoms with E-state index in [4.69, 9.17) is 0 Å². The van der Waals surface area contributed by atoms with Gasteiger partial charge in [-0.15, -0.1) is 11.3 Å². The number of hydrogen-bond acceptors (Lipinski definition) is 6. The fraction of sp³-hybridized carbons (Fsp3) is 0.188. The Labute approximate surface area is 141 Å². The number of benzene rings is 1. The summed E-state index contributed by atoms with van der Waals surface area (Å²) >= 11 is 2.66. The largest absolute Gasteiger partial charge is 0.477 e. The molecule has 4 rings (SSSR count). The molecular formula is C16H13N3O2S2. The highest BCUT2D eigenvalue weighted by atomic mass is 32.2. The summed E-state index contributed by atoms with van der Waals surface area (Å²) in [5, 5.41) is 10.7. The highest BCUT2D eigenvalue weighted by Crippen LogP contribution is 2.39. The average molecular weight is 343 g/mol. The summed E-state index contributed by atoms with van der Waals surface area (Å²) in [6.07, 6.45) is 2.89. The number of aromatic nitrogens is 2. The van der Waals surface area contributed by atoms with Crippen LogP contribution < -0.4 is 4.90 Å². The number of carboxylic acid groups (broad SMARTS) is 1. The molecule has 0 radical (unpaired) electrons. The molecule has 0 saturated carbocycles. The molecule has 0 fully saturated rings. The third kappa shape index (κ3) is 2.36. The van der Waals surface area contributed by atoms with Crippen molar-refractivity contribution in [2.24, 2.45) is 0 Å². The van der Waals surface area contributed by atoms with Crippen molar-refractivity contribution in [2.75, 3.05) is 17.7 Å². The number of nitrogens with zero attached hydrogens (tertiary/aromatic N) is 3. The summed E-state index contributed by atoms with van der Waals surface area (Å²) in [5.74, 6) is -0.125. The molecule has 2 aromatic heterocycles. The molecule has 1 aliphatic heterocycles. The first-order chi connectivity index (χ1) is 11.2. The lowest BCUT2D eigenvalue weighted by atomic mass is 10.2. The van der Waals surface area contributed by atoms with Crippen LogP contribution in [0.5, 0.6) is 0 Å². The van der Waals surface area contributed by atoms with Crippen LogP contribution in [0.3, 0.4) is 0 Å². The molecule has 0 spiro atoms. The Morgan fingerprint density at radius 2 is 2.17 bits per heavy atom. The summed E-state index contributed by atoms with van der Waals surface area (Å²) in [6.45, 7) is 0.845. The first kappa shape index (κ1) is 14.5. The Morgan fingerprint density at radius 3 is 2.96 bits per heavy atom. The zero-order valence-corrected chi connectivity index (χ0v) is 13.9. The van der Waals surface area contributed by atoms with Crippen molar-refractivity contribution in [3.05, 3.63) is 40.8 Å². The number of fused-ring (bicyclic) bond motifs is 2. The van der Waals surface area contributed by atoms with E-state index in [0.717, 1.165) is 34.7 Å². The van der Waals surface area contributed by atoms with Gasteiger partial charge in [0, 0.05) is 12.2 Å². The highest BCUT2D eigenvalue weighted by molar-refractivity contribution is 7.98. The average Bonchev–Trinajstić information content (AvgIpc) is 3.18. The number of aromatic carboxylic acids is 1. The maximum Gasteiger partial charge on any atom is 0.345 e. The minimum Gasteiger partial charge on any atom is -0.477 e. The van der Waals surface area contributed by atoms with Crippen molar-refractivity contribution in [3.8, 4) is 0 Å². The van der Waals surface area contributed by atoms with E-state index in [1.54, 1.807) is 6.07 Å². The first-order valence-electron chi connectivity index (χ1n) is 7.11. The van der Waals surface area contributed by atoms with Crippen molar-refractivity contribution >= 4 is 50.8 Å². The molecule has 3 heterocycles. The van der Waals surface area contributed by atoms with Gasteiger partial charge >= 0.3 is 5.97 Å². The molecule has 5 nitrogen and oxygen atoms in total. The van der Waals surface area contributed by atoms with Crippen LogP contribution in [-0.4, -0.2) is 33.8 Å². The van der Waals surface area contributed by atoms with E-state index in [1.165, 1.54) is 28.7 Å². The molecule has 0 aliphatic carbocycles. The molecule has 1 aliphatic rings. The summed E-state index contributed by atoms with van der Waals surface area (Å²) in [7, 11) is 0. The second-order valence-corrected chi connectivity index (χ2v) is 7.00. The lowest BCUT2D eigenvalue weighted by molar-refractivity contribution is 0.0702. The normalized spacial score (nSPS) is 13.5. The predicted molar refractivity (Wildman–Crippen MR) is 93.3 cm³/mol. The molecule has 0 atom stereocenters. The van der Waals surface area contributed by atoms with Crippen LogP contribution >= 0.6 is 23.1 Å². The molecule has 0 unspecified atom stereocenters. The number of anilines is 2. The van der Waals surface area contributed by atoms with Gasteiger partial charge in [0.15, 0.2) is 5.16 Å². The summed E-state index contributed by atoms with van der Waals surface area (Å²) in [5.41, 5.74) is 2.43. The number of hydrogen-bond donors (Lipinski definition) is 1. The summed E-state index contributed by atoms with van der Waals surface area (Å²) in [6, 6.07) is 9.95. The highest BCUT2D eigenvalue weighted by Gasteiger charge is 2.25. The van der Waals surface area contributed by atoms with Crippen LogP contribution in [0.15, 0.2) is 35.5 Å². The van der Waals surface area contributed by atoms with E-state index >= 15 is 0 Å². The quantitative estimate of drug-likeness (QED) is 0.576. The zero-order chi connectivity index (χ0) is 16.0. The van der Waals surface area contributed by atoms with E-state index < -0.39 is 5.97 Å². The van der Waals surface area contributed by atoms with Gasteiger partial charge in [0.25, 0.3) is 0 Å². The molecule has 1 aromatic carbocycles.